The number of aryl methyl sites for hydroxylation is 1. The Morgan fingerprint density at radius 2 is 2.23 bits per heavy atom. The molecule has 0 unspecified atom stereocenters. The van der Waals surface area contributed by atoms with Crippen molar-refractivity contribution in [2.24, 2.45) is 0 Å². The zero-order valence-electron chi connectivity index (χ0n) is 6.82. The van der Waals surface area contributed by atoms with Gasteiger partial charge in [0, 0.05) is 6.20 Å². The Kier molecular flexibility index (Phi) is 1.94. The lowest BCUT2D eigenvalue weighted by Gasteiger charge is -1.93. The van der Waals surface area contributed by atoms with Crippen LogP contribution in [0.3, 0.4) is 0 Å². The van der Waals surface area contributed by atoms with E-state index in [2.05, 4.69) is 25.1 Å². The predicted octanol–water partition coefficient (Wildman–Crippen LogP) is 1.22. The van der Waals surface area contributed by atoms with Crippen molar-refractivity contribution in [3.05, 3.63) is 23.4 Å². The topological polar surface area (TPSA) is 67.3 Å². The molecule has 0 radical (unpaired) electrons. The fourth-order valence-corrected chi connectivity index (χ4v) is 1.06. The van der Waals surface area contributed by atoms with Crippen LogP contribution < -0.4 is 0 Å². The summed E-state index contributed by atoms with van der Waals surface area (Å²) in [6, 6.07) is 1.73. The third-order valence-electron chi connectivity index (χ3n) is 1.46. The van der Waals surface area contributed by atoms with Crippen LogP contribution >= 0.6 is 11.6 Å². The zero-order chi connectivity index (χ0) is 9.26. The van der Waals surface area contributed by atoms with Gasteiger partial charge in [-0.25, -0.2) is 15.1 Å². The standard InChI is InChI=1S/C7H6ClN5/c1-4-9-3-2-5(10-4)6-11-7(8)13-12-6/h2-3H,1H3,(H,11,12,13). The van der Waals surface area contributed by atoms with Crippen LogP contribution in [0.25, 0.3) is 11.5 Å². The quantitative estimate of drug-likeness (QED) is 0.743. The molecule has 0 aliphatic carbocycles. The first kappa shape index (κ1) is 8.12. The highest BCUT2D eigenvalue weighted by atomic mass is 35.5. The van der Waals surface area contributed by atoms with Crippen molar-refractivity contribution in [2.45, 2.75) is 6.92 Å². The highest BCUT2D eigenvalue weighted by molar-refractivity contribution is 6.28. The molecule has 0 bridgehead atoms. The van der Waals surface area contributed by atoms with Gasteiger partial charge in [-0.2, -0.15) is 10.1 Å². The van der Waals surface area contributed by atoms with Crippen LogP contribution in [0.1, 0.15) is 5.82 Å². The maximum Gasteiger partial charge on any atom is 0.218 e. The Balaban J connectivity index is 2.46. The largest absolute Gasteiger partial charge is 0.249 e. The molecule has 5 nitrogen and oxygen atoms in total. The summed E-state index contributed by atoms with van der Waals surface area (Å²) in [4.78, 5) is 12.0. The highest BCUT2D eigenvalue weighted by Crippen LogP contribution is 2.11. The molecule has 1 N–H and O–H groups in total. The predicted molar refractivity (Wildman–Crippen MR) is 47.2 cm³/mol. The number of halogens is 1. The van der Waals surface area contributed by atoms with E-state index in [0.717, 1.165) is 0 Å². The minimum atomic E-state index is 0.256. The van der Waals surface area contributed by atoms with E-state index in [1.807, 2.05) is 0 Å². The molecule has 0 aliphatic rings. The van der Waals surface area contributed by atoms with E-state index >= 15 is 0 Å². The van der Waals surface area contributed by atoms with Crippen molar-refractivity contribution >= 4 is 11.6 Å². The van der Waals surface area contributed by atoms with E-state index in [-0.39, 0.29) is 5.28 Å². The minimum absolute atomic E-state index is 0.256. The number of nitrogens with zero attached hydrogens (tertiary/aromatic N) is 4. The lowest BCUT2D eigenvalue weighted by Crippen LogP contribution is -1.90. The van der Waals surface area contributed by atoms with Crippen LogP contribution in [-0.2, 0) is 0 Å². The lowest BCUT2D eigenvalue weighted by molar-refractivity contribution is 1.03. The second-order valence-corrected chi connectivity index (χ2v) is 2.80. The number of aromatic nitrogens is 5. The fraction of sp³-hybridized carbons (Fsp3) is 0.143. The van der Waals surface area contributed by atoms with Gasteiger partial charge in [-0.05, 0) is 24.6 Å². The monoisotopic (exact) mass is 195 g/mol. The number of nitrogens with one attached hydrogen (secondary N) is 1. The Bertz CT molecular complexity index is 424. The molecule has 0 fully saturated rings. The van der Waals surface area contributed by atoms with Gasteiger partial charge in [-0.1, -0.05) is 0 Å². The van der Waals surface area contributed by atoms with Crippen LogP contribution in [0.2, 0.25) is 5.28 Å². The SMILES string of the molecule is Cc1nccc(-c2n[nH]c(Cl)n2)n1. The summed E-state index contributed by atoms with van der Waals surface area (Å²) >= 11 is 5.58. The molecule has 0 amide bonds. The molecular formula is C7H6ClN5. The summed E-state index contributed by atoms with van der Waals surface area (Å²) in [5.41, 5.74) is 0.663. The van der Waals surface area contributed by atoms with Crippen LogP contribution in [0.15, 0.2) is 12.3 Å². The van der Waals surface area contributed by atoms with Crippen molar-refractivity contribution in [3.63, 3.8) is 0 Å². The molecule has 2 aromatic heterocycles. The summed E-state index contributed by atoms with van der Waals surface area (Å²) in [7, 11) is 0. The van der Waals surface area contributed by atoms with Crippen LogP contribution in [0.4, 0.5) is 0 Å². The third kappa shape index (κ3) is 1.65. The smallest absolute Gasteiger partial charge is 0.218 e. The Morgan fingerprint density at radius 1 is 1.38 bits per heavy atom. The molecule has 2 aromatic rings. The van der Waals surface area contributed by atoms with Crippen molar-refractivity contribution in [1.29, 1.82) is 0 Å². The number of H-pyrrole nitrogens is 1. The first-order valence-corrected chi connectivity index (χ1v) is 4.01. The van der Waals surface area contributed by atoms with Crippen LogP contribution in [0, 0.1) is 6.92 Å². The summed E-state index contributed by atoms with van der Waals surface area (Å²) in [6.45, 7) is 1.80. The average Bonchev–Trinajstić information content (AvgIpc) is 2.52. The number of hydrogen-bond acceptors (Lipinski definition) is 4. The van der Waals surface area contributed by atoms with E-state index < -0.39 is 0 Å². The molecule has 66 valence electrons. The van der Waals surface area contributed by atoms with E-state index in [0.29, 0.717) is 17.3 Å². The average molecular weight is 196 g/mol. The fourth-order valence-electron chi connectivity index (χ4n) is 0.937. The second-order valence-electron chi connectivity index (χ2n) is 2.44. The van der Waals surface area contributed by atoms with Gasteiger partial charge >= 0.3 is 0 Å². The molecule has 0 atom stereocenters. The maximum absolute atomic E-state index is 5.58. The van der Waals surface area contributed by atoms with Gasteiger partial charge in [0.15, 0.2) is 0 Å². The molecule has 13 heavy (non-hydrogen) atoms. The number of hydrogen-bond donors (Lipinski definition) is 1. The molecule has 0 aliphatic heterocycles. The molecule has 6 heteroatoms. The van der Waals surface area contributed by atoms with E-state index in [1.165, 1.54) is 0 Å². The van der Waals surface area contributed by atoms with Gasteiger partial charge in [0.05, 0.1) is 0 Å². The second kappa shape index (κ2) is 3.10. The lowest BCUT2D eigenvalue weighted by atomic mass is 10.4. The van der Waals surface area contributed by atoms with Crippen molar-refractivity contribution in [3.8, 4) is 11.5 Å². The molecule has 2 rings (SSSR count). The van der Waals surface area contributed by atoms with E-state index in [1.54, 1.807) is 19.2 Å². The van der Waals surface area contributed by atoms with Crippen LogP contribution in [0.5, 0.6) is 0 Å². The Labute approximate surface area is 79.2 Å². The first-order chi connectivity index (χ1) is 6.25. The van der Waals surface area contributed by atoms with Crippen LogP contribution in [-0.4, -0.2) is 25.1 Å². The molecule has 0 aromatic carbocycles. The first-order valence-electron chi connectivity index (χ1n) is 3.63. The maximum atomic E-state index is 5.58. The van der Waals surface area contributed by atoms with Gasteiger partial charge in [-0.3, -0.25) is 0 Å². The molecule has 0 saturated heterocycles. The normalized spacial score (nSPS) is 10.3. The summed E-state index contributed by atoms with van der Waals surface area (Å²) in [6.07, 6.45) is 1.65. The molecule has 2 heterocycles. The highest BCUT2D eigenvalue weighted by Gasteiger charge is 2.05. The van der Waals surface area contributed by atoms with Gasteiger partial charge in [-0.15, -0.1) is 0 Å². The summed E-state index contributed by atoms with van der Waals surface area (Å²) in [5.74, 6) is 1.16. The van der Waals surface area contributed by atoms with Crippen molar-refractivity contribution in [2.75, 3.05) is 0 Å². The van der Waals surface area contributed by atoms with Gasteiger partial charge in [0.2, 0.25) is 11.1 Å². The van der Waals surface area contributed by atoms with Crippen molar-refractivity contribution in [1.82, 2.24) is 25.1 Å². The van der Waals surface area contributed by atoms with Gasteiger partial charge in [0.25, 0.3) is 0 Å². The Hall–Kier alpha value is -1.49. The Morgan fingerprint density at radius 3 is 2.85 bits per heavy atom. The zero-order valence-corrected chi connectivity index (χ0v) is 7.58. The molecular weight excluding hydrogens is 190 g/mol. The van der Waals surface area contributed by atoms with Gasteiger partial charge in [0.1, 0.15) is 11.5 Å². The molecule has 0 saturated carbocycles. The van der Waals surface area contributed by atoms with E-state index in [9.17, 15) is 0 Å². The van der Waals surface area contributed by atoms with Crippen molar-refractivity contribution < 1.29 is 0 Å². The molecule has 0 spiro atoms. The minimum Gasteiger partial charge on any atom is -0.249 e. The third-order valence-corrected chi connectivity index (χ3v) is 1.63. The van der Waals surface area contributed by atoms with E-state index in [4.69, 9.17) is 11.6 Å². The summed E-state index contributed by atoms with van der Waals surface area (Å²) < 4.78 is 0. The number of rotatable bonds is 1. The summed E-state index contributed by atoms with van der Waals surface area (Å²) in [5, 5.41) is 6.66. The van der Waals surface area contributed by atoms with Gasteiger partial charge < -0.3 is 0 Å². The number of aromatic amines is 1.